The van der Waals surface area contributed by atoms with Crippen molar-refractivity contribution in [3.63, 3.8) is 0 Å². The van der Waals surface area contributed by atoms with Crippen LogP contribution in [0.15, 0.2) is 47.8 Å². The highest BCUT2D eigenvalue weighted by Crippen LogP contribution is 2.13. The van der Waals surface area contributed by atoms with Crippen molar-refractivity contribution < 1.29 is 9.90 Å². The third kappa shape index (κ3) is 5.87. The van der Waals surface area contributed by atoms with Crippen LogP contribution in [0.1, 0.15) is 23.8 Å². The van der Waals surface area contributed by atoms with Crippen LogP contribution in [0.25, 0.3) is 0 Å². The van der Waals surface area contributed by atoms with Crippen LogP contribution < -0.4 is 10.6 Å². The van der Waals surface area contributed by atoms with Crippen LogP contribution in [0.5, 0.6) is 0 Å². The monoisotopic (exact) mass is 318 g/mol. The Kier molecular flexibility index (Phi) is 5.98. The molecule has 2 aromatic rings. The predicted molar refractivity (Wildman–Crippen MR) is 89.9 cm³/mol. The topological polar surface area (TPSA) is 61.4 Å². The smallest absolute Gasteiger partial charge is 0.315 e. The van der Waals surface area contributed by atoms with E-state index in [0.717, 1.165) is 11.3 Å². The number of benzene rings is 1. The summed E-state index contributed by atoms with van der Waals surface area (Å²) in [5, 5.41) is 17.8. The van der Waals surface area contributed by atoms with Gasteiger partial charge < -0.3 is 15.7 Å². The van der Waals surface area contributed by atoms with E-state index in [-0.39, 0.29) is 12.6 Å². The number of aryl methyl sites for hydroxylation is 1. The first-order valence-corrected chi connectivity index (χ1v) is 8.23. The van der Waals surface area contributed by atoms with Gasteiger partial charge in [-0.3, -0.25) is 0 Å². The Labute approximate surface area is 135 Å². The molecular weight excluding hydrogens is 296 g/mol. The zero-order valence-electron chi connectivity index (χ0n) is 12.7. The summed E-state index contributed by atoms with van der Waals surface area (Å²) >= 11 is 1.60. The van der Waals surface area contributed by atoms with Crippen molar-refractivity contribution in [2.75, 3.05) is 6.54 Å². The second-order valence-corrected chi connectivity index (χ2v) is 6.63. The van der Waals surface area contributed by atoms with E-state index in [0.29, 0.717) is 13.0 Å². The minimum atomic E-state index is -0.921. The van der Waals surface area contributed by atoms with Gasteiger partial charge in [0.1, 0.15) is 0 Å². The van der Waals surface area contributed by atoms with Crippen LogP contribution in [-0.4, -0.2) is 23.3 Å². The van der Waals surface area contributed by atoms with Gasteiger partial charge in [0.05, 0.1) is 12.1 Å². The summed E-state index contributed by atoms with van der Waals surface area (Å²) in [6, 6.07) is 13.7. The fourth-order valence-corrected chi connectivity index (χ4v) is 2.71. The van der Waals surface area contributed by atoms with Gasteiger partial charge in [-0.15, -0.1) is 11.3 Å². The van der Waals surface area contributed by atoms with Crippen LogP contribution in [0.4, 0.5) is 4.79 Å². The molecule has 0 spiro atoms. The predicted octanol–water partition coefficient (Wildman–Crippen LogP) is 2.93. The number of rotatable bonds is 7. The average Bonchev–Trinajstić information content (AvgIpc) is 3.04. The van der Waals surface area contributed by atoms with E-state index in [1.807, 2.05) is 47.8 Å². The van der Waals surface area contributed by atoms with Crippen molar-refractivity contribution in [2.45, 2.75) is 31.9 Å². The number of carbonyl (C=O) groups excluding carboxylic acids is 1. The molecule has 0 bridgehead atoms. The largest absolute Gasteiger partial charge is 0.388 e. The van der Waals surface area contributed by atoms with E-state index < -0.39 is 5.60 Å². The minimum absolute atomic E-state index is 0.232. The molecule has 0 saturated carbocycles. The molecule has 0 aliphatic rings. The molecule has 3 N–H and O–H groups in total. The van der Waals surface area contributed by atoms with E-state index in [4.69, 9.17) is 0 Å². The lowest BCUT2D eigenvalue weighted by molar-refractivity contribution is 0.0534. The van der Waals surface area contributed by atoms with E-state index in [2.05, 4.69) is 10.6 Å². The number of thiophene rings is 1. The van der Waals surface area contributed by atoms with Crippen LogP contribution in [0, 0.1) is 0 Å². The first-order valence-electron chi connectivity index (χ1n) is 7.35. The zero-order chi connectivity index (χ0) is 15.8. The molecule has 0 radical (unpaired) electrons. The lowest BCUT2D eigenvalue weighted by Gasteiger charge is -2.23. The Morgan fingerprint density at radius 1 is 1.18 bits per heavy atom. The maximum Gasteiger partial charge on any atom is 0.315 e. The maximum atomic E-state index is 11.7. The maximum absolute atomic E-state index is 11.7. The second kappa shape index (κ2) is 7.96. The van der Waals surface area contributed by atoms with Crippen molar-refractivity contribution in [1.82, 2.24) is 10.6 Å². The molecule has 0 fully saturated rings. The van der Waals surface area contributed by atoms with E-state index in [9.17, 15) is 9.90 Å². The van der Waals surface area contributed by atoms with Crippen LogP contribution in [0.3, 0.4) is 0 Å². The van der Waals surface area contributed by atoms with Gasteiger partial charge in [0.2, 0.25) is 0 Å². The molecule has 1 heterocycles. The van der Waals surface area contributed by atoms with E-state index in [1.54, 1.807) is 18.3 Å². The molecule has 1 aromatic heterocycles. The molecule has 0 unspecified atom stereocenters. The average molecular weight is 318 g/mol. The highest BCUT2D eigenvalue weighted by atomic mass is 32.1. The Morgan fingerprint density at radius 3 is 2.64 bits per heavy atom. The fourth-order valence-electron chi connectivity index (χ4n) is 2.06. The Bertz CT molecular complexity index is 568. The standard InChI is InChI=1S/C17H22N2O2S/c1-17(21,10-9-14-6-3-2-4-7-14)13-19-16(20)18-12-15-8-5-11-22-15/h2-8,11,21H,9-10,12-13H2,1H3,(H2,18,19,20)/t17-/m1/s1. The number of hydrogen-bond donors (Lipinski definition) is 3. The summed E-state index contributed by atoms with van der Waals surface area (Å²) in [4.78, 5) is 12.8. The molecule has 1 atom stereocenters. The van der Waals surface area contributed by atoms with Crippen molar-refractivity contribution in [3.8, 4) is 0 Å². The van der Waals surface area contributed by atoms with Crippen molar-refractivity contribution in [1.29, 1.82) is 0 Å². The van der Waals surface area contributed by atoms with Gasteiger partial charge >= 0.3 is 6.03 Å². The molecule has 22 heavy (non-hydrogen) atoms. The summed E-state index contributed by atoms with van der Waals surface area (Å²) < 4.78 is 0. The molecule has 0 aliphatic carbocycles. The van der Waals surface area contributed by atoms with Gasteiger partial charge in [-0.05, 0) is 36.8 Å². The number of urea groups is 1. The molecule has 5 heteroatoms. The summed E-state index contributed by atoms with van der Waals surface area (Å²) in [5.41, 5.74) is 0.265. The van der Waals surface area contributed by atoms with Crippen molar-refractivity contribution in [2.24, 2.45) is 0 Å². The summed E-state index contributed by atoms with van der Waals surface area (Å²) in [5.74, 6) is 0. The number of carbonyl (C=O) groups is 1. The number of hydrogen-bond acceptors (Lipinski definition) is 3. The molecule has 0 saturated heterocycles. The van der Waals surface area contributed by atoms with Gasteiger partial charge in [-0.2, -0.15) is 0 Å². The highest BCUT2D eigenvalue weighted by Gasteiger charge is 2.20. The number of amides is 2. The first kappa shape index (κ1) is 16.5. The molecular formula is C17H22N2O2S. The molecule has 118 valence electrons. The third-order valence-electron chi connectivity index (χ3n) is 3.43. The molecule has 2 amide bonds. The Hall–Kier alpha value is -1.85. The van der Waals surface area contributed by atoms with E-state index in [1.165, 1.54) is 5.56 Å². The second-order valence-electron chi connectivity index (χ2n) is 5.60. The van der Waals surface area contributed by atoms with E-state index >= 15 is 0 Å². The molecule has 1 aromatic carbocycles. The van der Waals surface area contributed by atoms with Crippen molar-refractivity contribution >= 4 is 17.4 Å². The SMILES string of the molecule is C[C@@](O)(CCc1ccccc1)CNC(=O)NCc1cccs1. The minimum Gasteiger partial charge on any atom is -0.388 e. The van der Waals surface area contributed by atoms with Crippen LogP contribution in [0.2, 0.25) is 0 Å². The van der Waals surface area contributed by atoms with Crippen LogP contribution >= 0.6 is 11.3 Å². The molecule has 4 nitrogen and oxygen atoms in total. The lowest BCUT2D eigenvalue weighted by Crippen LogP contribution is -2.44. The van der Waals surface area contributed by atoms with Gasteiger partial charge in [0, 0.05) is 11.4 Å². The van der Waals surface area contributed by atoms with Gasteiger partial charge in [-0.25, -0.2) is 4.79 Å². The quantitative estimate of drug-likeness (QED) is 0.735. The first-order chi connectivity index (χ1) is 10.6. The molecule has 2 rings (SSSR count). The third-order valence-corrected chi connectivity index (χ3v) is 4.30. The lowest BCUT2D eigenvalue weighted by atomic mass is 9.97. The summed E-state index contributed by atoms with van der Waals surface area (Å²) in [6.07, 6.45) is 1.38. The van der Waals surface area contributed by atoms with Gasteiger partial charge in [0.25, 0.3) is 0 Å². The summed E-state index contributed by atoms with van der Waals surface area (Å²) in [6.45, 7) is 2.49. The van der Waals surface area contributed by atoms with Crippen LogP contribution in [-0.2, 0) is 13.0 Å². The molecule has 0 aliphatic heterocycles. The fraction of sp³-hybridized carbons (Fsp3) is 0.353. The Balaban J connectivity index is 1.68. The zero-order valence-corrected chi connectivity index (χ0v) is 13.5. The van der Waals surface area contributed by atoms with Gasteiger partial charge in [-0.1, -0.05) is 36.4 Å². The van der Waals surface area contributed by atoms with Crippen molar-refractivity contribution in [3.05, 3.63) is 58.3 Å². The highest BCUT2D eigenvalue weighted by molar-refractivity contribution is 7.09. The number of aliphatic hydroxyl groups is 1. The summed E-state index contributed by atoms with van der Waals surface area (Å²) in [7, 11) is 0. The number of nitrogens with one attached hydrogen (secondary N) is 2. The normalized spacial score (nSPS) is 13.4. The van der Waals surface area contributed by atoms with Gasteiger partial charge in [0.15, 0.2) is 0 Å². The Morgan fingerprint density at radius 2 is 1.95 bits per heavy atom.